The van der Waals surface area contributed by atoms with Gasteiger partial charge in [-0.05, 0) is 19.8 Å². The molecule has 0 atom stereocenters. The van der Waals surface area contributed by atoms with Crippen LogP contribution < -0.4 is 10.6 Å². The zero-order chi connectivity index (χ0) is 15.0. The Morgan fingerprint density at radius 3 is 2.25 bits per heavy atom. The fourth-order valence-corrected chi connectivity index (χ4v) is 1.68. The lowest BCUT2D eigenvalue weighted by atomic mass is 10.2. The van der Waals surface area contributed by atoms with E-state index >= 15 is 0 Å². The molecule has 1 rings (SSSR count). The highest BCUT2D eigenvalue weighted by atomic mass is 19.4. The predicted molar refractivity (Wildman–Crippen MR) is 74.0 cm³/mol. The monoisotopic (exact) mass is 290 g/mol. The fraction of sp³-hybridized carbons (Fsp3) is 0.692. The summed E-state index contributed by atoms with van der Waals surface area (Å²) in [4.78, 5) is 8.60. The summed E-state index contributed by atoms with van der Waals surface area (Å²) in [6.07, 6.45) is -3.50. The maximum atomic E-state index is 12.0. The van der Waals surface area contributed by atoms with Crippen LogP contribution in [0.5, 0.6) is 0 Å². The largest absolute Gasteiger partial charge is 0.389 e. The van der Waals surface area contributed by atoms with Crippen molar-refractivity contribution in [1.29, 1.82) is 0 Å². The number of aromatic nitrogens is 2. The van der Waals surface area contributed by atoms with Crippen molar-refractivity contribution in [2.45, 2.75) is 45.7 Å². The molecule has 0 aliphatic heterocycles. The van der Waals surface area contributed by atoms with Crippen molar-refractivity contribution >= 4 is 11.6 Å². The van der Waals surface area contributed by atoms with E-state index in [1.165, 1.54) is 0 Å². The predicted octanol–water partition coefficient (Wildman–Crippen LogP) is 3.62. The van der Waals surface area contributed by atoms with Gasteiger partial charge in [-0.25, -0.2) is 9.97 Å². The van der Waals surface area contributed by atoms with E-state index < -0.39 is 12.6 Å². The number of nitrogens with zero attached hydrogens (tertiary/aromatic N) is 2. The molecule has 0 saturated carbocycles. The van der Waals surface area contributed by atoms with Crippen LogP contribution in [-0.2, 0) is 6.42 Å². The molecular weight excluding hydrogens is 269 g/mol. The highest BCUT2D eigenvalue weighted by Crippen LogP contribution is 2.22. The van der Waals surface area contributed by atoms with E-state index in [1.54, 1.807) is 6.07 Å². The second-order valence-corrected chi connectivity index (χ2v) is 4.44. The van der Waals surface area contributed by atoms with Crippen molar-refractivity contribution in [1.82, 2.24) is 9.97 Å². The molecule has 0 aromatic carbocycles. The molecule has 4 nitrogen and oxygen atoms in total. The maximum absolute atomic E-state index is 12.0. The van der Waals surface area contributed by atoms with Crippen molar-refractivity contribution < 1.29 is 13.2 Å². The van der Waals surface area contributed by atoms with Crippen LogP contribution in [0.3, 0.4) is 0 Å². The van der Waals surface area contributed by atoms with Gasteiger partial charge in [-0.15, -0.1) is 0 Å². The first-order chi connectivity index (χ1) is 9.44. The van der Waals surface area contributed by atoms with Gasteiger partial charge < -0.3 is 10.6 Å². The molecule has 1 heterocycles. The van der Waals surface area contributed by atoms with Crippen molar-refractivity contribution in [2.75, 3.05) is 23.7 Å². The van der Waals surface area contributed by atoms with Crippen molar-refractivity contribution in [3.8, 4) is 0 Å². The molecule has 0 spiro atoms. The molecular formula is C13H21F3N4. The van der Waals surface area contributed by atoms with E-state index in [9.17, 15) is 13.2 Å². The quantitative estimate of drug-likeness (QED) is 0.718. The Balaban J connectivity index is 2.44. The first kappa shape index (κ1) is 16.5. The van der Waals surface area contributed by atoms with Crippen molar-refractivity contribution in [3.05, 3.63) is 11.9 Å². The van der Waals surface area contributed by atoms with Crippen LogP contribution in [0.4, 0.5) is 24.8 Å². The number of hydrogen-bond donors (Lipinski definition) is 2. The second-order valence-electron chi connectivity index (χ2n) is 4.44. The minimum Gasteiger partial charge on any atom is -0.370 e. The highest BCUT2D eigenvalue weighted by Gasteiger charge is 2.25. The molecule has 0 aliphatic carbocycles. The number of anilines is 2. The summed E-state index contributed by atoms with van der Waals surface area (Å²) in [5.74, 6) is 2.10. The van der Waals surface area contributed by atoms with Gasteiger partial charge in [-0.1, -0.05) is 6.92 Å². The minimum absolute atomic E-state index is 0.127. The summed E-state index contributed by atoms with van der Waals surface area (Å²) in [5.41, 5.74) is 0. The molecule has 2 N–H and O–H groups in total. The van der Waals surface area contributed by atoms with Gasteiger partial charge in [0.2, 0.25) is 0 Å². The average Bonchev–Trinajstić information content (AvgIpc) is 2.37. The Bertz CT molecular complexity index is 407. The molecule has 1 aromatic heterocycles. The van der Waals surface area contributed by atoms with Gasteiger partial charge >= 0.3 is 6.18 Å². The van der Waals surface area contributed by atoms with Crippen LogP contribution in [0.25, 0.3) is 0 Å². The molecule has 0 saturated heterocycles. The number of rotatable bonds is 8. The Labute approximate surface area is 117 Å². The third kappa shape index (κ3) is 6.58. The Morgan fingerprint density at radius 2 is 1.70 bits per heavy atom. The third-order valence-electron chi connectivity index (χ3n) is 2.64. The van der Waals surface area contributed by atoms with E-state index in [0.717, 1.165) is 12.4 Å². The smallest absolute Gasteiger partial charge is 0.370 e. The number of unbranched alkanes of at least 4 members (excludes halogenated alkanes) is 1. The molecule has 7 heteroatoms. The highest BCUT2D eigenvalue weighted by molar-refractivity contribution is 5.47. The van der Waals surface area contributed by atoms with Crippen LogP contribution in [0.1, 0.15) is 38.9 Å². The number of alkyl halides is 3. The van der Waals surface area contributed by atoms with Gasteiger partial charge in [0.25, 0.3) is 0 Å². The van der Waals surface area contributed by atoms with Crippen LogP contribution in [-0.4, -0.2) is 29.2 Å². The van der Waals surface area contributed by atoms with Gasteiger partial charge in [-0.2, -0.15) is 13.2 Å². The number of aryl methyl sites for hydroxylation is 1. The number of halogens is 3. The summed E-state index contributed by atoms with van der Waals surface area (Å²) in [7, 11) is 0. The molecule has 0 radical (unpaired) electrons. The molecule has 0 amide bonds. The molecule has 114 valence electrons. The van der Waals surface area contributed by atoms with Gasteiger partial charge in [0, 0.05) is 32.0 Å². The Morgan fingerprint density at radius 1 is 1.05 bits per heavy atom. The van der Waals surface area contributed by atoms with Crippen molar-refractivity contribution in [2.24, 2.45) is 0 Å². The molecule has 1 aromatic rings. The maximum Gasteiger partial charge on any atom is 0.389 e. The SMILES string of the molecule is CCNc1cc(NCCCCC(F)(F)F)nc(CC)n1. The van der Waals surface area contributed by atoms with Gasteiger partial charge in [0.15, 0.2) is 0 Å². The summed E-state index contributed by atoms with van der Waals surface area (Å²) >= 11 is 0. The van der Waals surface area contributed by atoms with E-state index in [0.29, 0.717) is 31.0 Å². The lowest BCUT2D eigenvalue weighted by molar-refractivity contribution is -0.135. The molecule has 0 fully saturated rings. The summed E-state index contributed by atoms with van der Waals surface area (Å²) in [6, 6.07) is 1.77. The van der Waals surface area contributed by atoms with Gasteiger partial charge in [-0.3, -0.25) is 0 Å². The normalized spacial score (nSPS) is 11.4. The first-order valence-electron chi connectivity index (χ1n) is 6.87. The van der Waals surface area contributed by atoms with E-state index in [4.69, 9.17) is 0 Å². The van der Waals surface area contributed by atoms with Gasteiger partial charge in [0.05, 0.1) is 0 Å². The van der Waals surface area contributed by atoms with Crippen molar-refractivity contribution in [3.63, 3.8) is 0 Å². The second kappa shape index (κ2) is 7.91. The third-order valence-corrected chi connectivity index (χ3v) is 2.64. The Hall–Kier alpha value is -1.53. The average molecular weight is 290 g/mol. The molecule has 0 unspecified atom stereocenters. The van der Waals surface area contributed by atoms with E-state index in [2.05, 4.69) is 20.6 Å². The van der Waals surface area contributed by atoms with Crippen LogP contribution in [0, 0.1) is 0 Å². The summed E-state index contributed by atoms with van der Waals surface area (Å²) < 4.78 is 36.0. The lowest BCUT2D eigenvalue weighted by Gasteiger charge is -2.10. The topological polar surface area (TPSA) is 49.8 Å². The number of hydrogen-bond acceptors (Lipinski definition) is 4. The minimum atomic E-state index is -4.07. The van der Waals surface area contributed by atoms with Crippen LogP contribution >= 0.6 is 0 Å². The lowest BCUT2D eigenvalue weighted by Crippen LogP contribution is -2.10. The zero-order valence-electron chi connectivity index (χ0n) is 11.8. The zero-order valence-corrected chi connectivity index (χ0v) is 11.8. The van der Waals surface area contributed by atoms with Crippen LogP contribution in [0.2, 0.25) is 0 Å². The standard InChI is InChI=1S/C13H21F3N4/c1-3-10-19-11(17-4-2)9-12(20-10)18-8-6-5-7-13(14,15)16/h9H,3-8H2,1-2H3,(H2,17,18,19,20). The molecule has 0 bridgehead atoms. The molecule has 20 heavy (non-hydrogen) atoms. The number of nitrogens with one attached hydrogen (secondary N) is 2. The van der Waals surface area contributed by atoms with Gasteiger partial charge in [0.1, 0.15) is 17.5 Å². The fourth-order valence-electron chi connectivity index (χ4n) is 1.68. The van der Waals surface area contributed by atoms with E-state index in [1.807, 2.05) is 13.8 Å². The summed E-state index contributed by atoms with van der Waals surface area (Å²) in [6.45, 7) is 5.16. The first-order valence-corrected chi connectivity index (χ1v) is 6.87. The Kier molecular flexibility index (Phi) is 6.54. The van der Waals surface area contributed by atoms with Crippen LogP contribution in [0.15, 0.2) is 6.07 Å². The summed E-state index contributed by atoms with van der Waals surface area (Å²) in [5, 5.41) is 6.15. The molecule has 0 aliphatic rings. The van der Waals surface area contributed by atoms with E-state index in [-0.39, 0.29) is 6.42 Å².